The summed E-state index contributed by atoms with van der Waals surface area (Å²) in [5.41, 5.74) is 1.59. The highest BCUT2D eigenvalue weighted by atomic mass is 16.5. The average molecular weight is 344 g/mol. The van der Waals surface area contributed by atoms with Gasteiger partial charge in [0, 0.05) is 12.8 Å². The molecule has 2 aromatic rings. The number of aryl methyl sites for hydroxylation is 1. The predicted molar refractivity (Wildman–Crippen MR) is 97.4 cm³/mol. The Kier molecular flexibility index (Phi) is 5.05. The predicted octanol–water partition coefficient (Wildman–Crippen LogP) is 4.91. The Bertz CT molecular complexity index is 887. The topological polar surface area (TPSA) is 73.9 Å². The van der Waals surface area contributed by atoms with Gasteiger partial charge in [-0.15, -0.1) is 0 Å². The van der Waals surface area contributed by atoms with Gasteiger partial charge in [0.05, 0.1) is 23.1 Å². The zero-order chi connectivity index (χ0) is 18.6. The second-order valence-electron chi connectivity index (χ2n) is 6.65. The van der Waals surface area contributed by atoms with Crippen molar-refractivity contribution in [2.75, 3.05) is 0 Å². The van der Waals surface area contributed by atoms with Crippen LogP contribution in [0.3, 0.4) is 0 Å². The number of hydrogen-bond acceptors (Lipinski definition) is 4. The molecular weight excluding hydrogens is 324 g/mol. The molecular formula is C22H20N2O2. The van der Waals surface area contributed by atoms with E-state index >= 15 is 0 Å². The van der Waals surface area contributed by atoms with Gasteiger partial charge in [-0.2, -0.15) is 10.5 Å². The van der Waals surface area contributed by atoms with Gasteiger partial charge in [-0.25, -0.2) is 0 Å². The molecule has 1 atom stereocenters. The Balaban J connectivity index is 2.20. The number of rotatable bonds is 5. The number of carbonyl (C=O) groups is 1. The lowest BCUT2D eigenvalue weighted by Crippen LogP contribution is -2.44. The SMILES string of the molecule is Cc1ccccc1C1Oc2ccccc2C(=O)C1(CCC#N)CCC#N. The minimum absolute atomic E-state index is 0.0295. The highest BCUT2D eigenvalue weighted by Gasteiger charge is 2.51. The zero-order valence-corrected chi connectivity index (χ0v) is 14.7. The van der Waals surface area contributed by atoms with Crippen LogP contribution in [0.5, 0.6) is 5.75 Å². The Morgan fingerprint density at radius 2 is 1.62 bits per heavy atom. The lowest BCUT2D eigenvalue weighted by atomic mass is 9.65. The molecule has 1 unspecified atom stereocenters. The first-order chi connectivity index (χ1) is 12.6. The summed E-state index contributed by atoms with van der Waals surface area (Å²) in [4.78, 5) is 13.5. The second kappa shape index (κ2) is 7.42. The van der Waals surface area contributed by atoms with E-state index in [1.165, 1.54) is 0 Å². The van der Waals surface area contributed by atoms with Crippen molar-refractivity contribution in [1.29, 1.82) is 10.5 Å². The summed E-state index contributed by atoms with van der Waals surface area (Å²) in [6, 6.07) is 19.4. The molecule has 1 heterocycles. The number of ketones is 1. The number of nitrogens with zero attached hydrogens (tertiary/aromatic N) is 2. The molecule has 0 spiro atoms. The third-order valence-electron chi connectivity index (χ3n) is 5.17. The molecule has 1 aliphatic rings. The number of Topliss-reactive ketones (excluding diaryl/α,β-unsaturated/α-hetero) is 1. The number of carbonyl (C=O) groups excluding carboxylic acids is 1. The highest BCUT2D eigenvalue weighted by Crippen LogP contribution is 2.52. The van der Waals surface area contributed by atoms with E-state index in [9.17, 15) is 4.79 Å². The van der Waals surface area contributed by atoms with Crippen LogP contribution in [0.4, 0.5) is 0 Å². The first-order valence-electron chi connectivity index (χ1n) is 8.74. The summed E-state index contributed by atoms with van der Waals surface area (Å²) in [7, 11) is 0. The maximum atomic E-state index is 13.5. The quantitative estimate of drug-likeness (QED) is 0.773. The van der Waals surface area contributed by atoms with E-state index in [4.69, 9.17) is 15.3 Å². The second-order valence-corrected chi connectivity index (χ2v) is 6.65. The molecule has 26 heavy (non-hydrogen) atoms. The average Bonchev–Trinajstić information content (AvgIpc) is 2.67. The summed E-state index contributed by atoms with van der Waals surface area (Å²) in [6.07, 6.45) is 0.720. The maximum absolute atomic E-state index is 13.5. The lowest BCUT2D eigenvalue weighted by molar-refractivity contribution is 0.0167. The Labute approximate surface area is 153 Å². The summed E-state index contributed by atoms with van der Waals surface area (Å²) in [6.45, 7) is 1.99. The van der Waals surface area contributed by atoms with Crippen molar-refractivity contribution in [1.82, 2.24) is 0 Å². The molecule has 3 rings (SSSR count). The molecule has 0 amide bonds. The molecule has 0 radical (unpaired) electrons. The van der Waals surface area contributed by atoms with Gasteiger partial charge in [-0.3, -0.25) is 4.79 Å². The van der Waals surface area contributed by atoms with Crippen molar-refractivity contribution in [3.05, 3.63) is 65.2 Å². The third-order valence-corrected chi connectivity index (χ3v) is 5.17. The Morgan fingerprint density at radius 3 is 2.27 bits per heavy atom. The fourth-order valence-corrected chi connectivity index (χ4v) is 3.80. The van der Waals surface area contributed by atoms with E-state index in [2.05, 4.69) is 12.1 Å². The van der Waals surface area contributed by atoms with Gasteiger partial charge in [-0.05, 0) is 43.0 Å². The fraction of sp³-hybridized carbons (Fsp3) is 0.318. The van der Waals surface area contributed by atoms with Gasteiger partial charge in [0.15, 0.2) is 5.78 Å². The van der Waals surface area contributed by atoms with E-state index in [1.807, 2.05) is 43.3 Å². The molecule has 0 saturated carbocycles. The van der Waals surface area contributed by atoms with Crippen molar-refractivity contribution in [3.8, 4) is 17.9 Å². The van der Waals surface area contributed by atoms with Crippen LogP contribution in [0.2, 0.25) is 0 Å². The molecule has 0 fully saturated rings. The minimum Gasteiger partial charge on any atom is -0.484 e. The highest BCUT2D eigenvalue weighted by molar-refractivity contribution is 6.04. The lowest BCUT2D eigenvalue weighted by Gasteiger charge is -2.43. The Morgan fingerprint density at radius 1 is 1.00 bits per heavy atom. The molecule has 1 aliphatic heterocycles. The number of para-hydroxylation sites is 1. The third kappa shape index (κ3) is 2.95. The van der Waals surface area contributed by atoms with E-state index in [-0.39, 0.29) is 18.6 Å². The van der Waals surface area contributed by atoms with Crippen molar-refractivity contribution < 1.29 is 9.53 Å². The Hall–Kier alpha value is -3.11. The monoisotopic (exact) mass is 344 g/mol. The molecule has 2 aromatic carbocycles. The van der Waals surface area contributed by atoms with Crippen LogP contribution in [0.25, 0.3) is 0 Å². The first-order valence-corrected chi connectivity index (χ1v) is 8.74. The van der Waals surface area contributed by atoms with Gasteiger partial charge in [-0.1, -0.05) is 36.4 Å². The van der Waals surface area contributed by atoms with Crippen LogP contribution in [0.15, 0.2) is 48.5 Å². The molecule has 0 bridgehead atoms. The molecule has 0 aliphatic carbocycles. The van der Waals surface area contributed by atoms with Gasteiger partial charge in [0.1, 0.15) is 11.9 Å². The van der Waals surface area contributed by atoms with E-state index in [0.717, 1.165) is 11.1 Å². The summed E-state index contributed by atoms with van der Waals surface area (Å²) in [5.74, 6) is 0.536. The van der Waals surface area contributed by atoms with Crippen LogP contribution >= 0.6 is 0 Å². The smallest absolute Gasteiger partial charge is 0.176 e. The molecule has 4 nitrogen and oxygen atoms in total. The summed E-state index contributed by atoms with van der Waals surface area (Å²) < 4.78 is 6.34. The van der Waals surface area contributed by atoms with Crippen LogP contribution in [-0.2, 0) is 0 Å². The molecule has 0 aromatic heterocycles. The molecule has 0 N–H and O–H groups in total. The van der Waals surface area contributed by atoms with Gasteiger partial charge in [0.2, 0.25) is 0 Å². The number of hydrogen-bond donors (Lipinski definition) is 0. The van der Waals surface area contributed by atoms with E-state index < -0.39 is 11.5 Å². The van der Waals surface area contributed by atoms with Crippen LogP contribution in [0.1, 0.15) is 53.3 Å². The molecule has 0 saturated heterocycles. The summed E-state index contributed by atoms with van der Waals surface area (Å²) >= 11 is 0. The van der Waals surface area contributed by atoms with Crippen molar-refractivity contribution >= 4 is 5.78 Å². The number of fused-ring (bicyclic) bond motifs is 1. The van der Waals surface area contributed by atoms with Crippen LogP contribution < -0.4 is 4.74 Å². The number of benzene rings is 2. The van der Waals surface area contributed by atoms with Gasteiger partial charge < -0.3 is 4.74 Å². The number of ether oxygens (including phenoxy) is 1. The van der Waals surface area contributed by atoms with Gasteiger partial charge >= 0.3 is 0 Å². The minimum atomic E-state index is -0.911. The van der Waals surface area contributed by atoms with Crippen LogP contribution in [-0.4, -0.2) is 5.78 Å². The van der Waals surface area contributed by atoms with Gasteiger partial charge in [0.25, 0.3) is 0 Å². The molecule has 4 heteroatoms. The summed E-state index contributed by atoms with van der Waals surface area (Å²) in [5, 5.41) is 18.3. The normalized spacial score (nSPS) is 17.5. The molecule has 130 valence electrons. The van der Waals surface area contributed by atoms with E-state index in [1.54, 1.807) is 12.1 Å². The standard InChI is InChI=1S/C22H20N2O2/c1-16-8-2-3-9-17(16)21-22(12-6-14-23,13-7-15-24)20(25)18-10-4-5-11-19(18)26-21/h2-5,8-11,21H,6-7,12-13H2,1H3. The van der Waals surface area contributed by atoms with Crippen molar-refractivity contribution in [2.24, 2.45) is 5.41 Å². The van der Waals surface area contributed by atoms with Crippen molar-refractivity contribution in [3.63, 3.8) is 0 Å². The van der Waals surface area contributed by atoms with Crippen molar-refractivity contribution in [2.45, 2.75) is 38.7 Å². The fourth-order valence-electron chi connectivity index (χ4n) is 3.80. The number of nitriles is 2. The zero-order valence-electron chi connectivity index (χ0n) is 14.7. The van der Waals surface area contributed by atoms with Crippen LogP contribution in [0, 0.1) is 35.0 Å². The van der Waals surface area contributed by atoms with E-state index in [0.29, 0.717) is 24.2 Å². The first kappa shape index (κ1) is 17.7. The largest absolute Gasteiger partial charge is 0.484 e. The maximum Gasteiger partial charge on any atom is 0.176 e.